The maximum Gasteiger partial charge on any atom is 0.177 e. The minimum atomic E-state index is 0.393. The molecule has 1 aromatic carbocycles. The van der Waals surface area contributed by atoms with Crippen LogP contribution in [0.1, 0.15) is 31.5 Å². The first-order chi connectivity index (χ1) is 12.6. The van der Waals surface area contributed by atoms with E-state index in [0.29, 0.717) is 6.04 Å². The van der Waals surface area contributed by atoms with Gasteiger partial charge in [0.1, 0.15) is 17.0 Å². The van der Waals surface area contributed by atoms with Gasteiger partial charge in [-0.25, -0.2) is 9.67 Å². The summed E-state index contributed by atoms with van der Waals surface area (Å²) in [5, 5.41) is 9.40. The predicted molar refractivity (Wildman–Crippen MR) is 102 cm³/mol. The Labute approximate surface area is 151 Å². The average Bonchev–Trinajstić information content (AvgIpc) is 3.17. The molecule has 132 valence electrons. The molecule has 26 heavy (non-hydrogen) atoms. The van der Waals surface area contributed by atoms with Crippen LogP contribution in [-0.4, -0.2) is 29.5 Å². The first-order valence-corrected chi connectivity index (χ1v) is 9.16. The quantitative estimate of drug-likeness (QED) is 0.605. The van der Waals surface area contributed by atoms with E-state index in [-0.39, 0.29) is 0 Å². The number of benzene rings is 1. The molecule has 0 bridgehead atoms. The molecule has 1 fully saturated rings. The summed E-state index contributed by atoms with van der Waals surface area (Å²) in [6.45, 7) is 4.29. The Balaban J connectivity index is 1.65. The van der Waals surface area contributed by atoms with Gasteiger partial charge in [-0.1, -0.05) is 30.3 Å². The molecule has 0 unspecified atom stereocenters. The van der Waals surface area contributed by atoms with E-state index in [9.17, 15) is 0 Å². The second-order valence-electron chi connectivity index (χ2n) is 7.32. The van der Waals surface area contributed by atoms with Crippen molar-refractivity contribution >= 4 is 11.2 Å². The van der Waals surface area contributed by atoms with Gasteiger partial charge in [0.25, 0.3) is 0 Å². The summed E-state index contributed by atoms with van der Waals surface area (Å²) in [5.41, 5.74) is 6.01. The number of nitrogens with zero attached hydrogens (tertiary/aromatic N) is 5. The van der Waals surface area contributed by atoms with Gasteiger partial charge >= 0.3 is 0 Å². The number of hydrogen-bond acceptors (Lipinski definition) is 3. The Morgan fingerprint density at radius 1 is 1.15 bits per heavy atom. The fraction of sp³-hybridized carbons (Fsp3) is 0.350. The molecule has 0 spiro atoms. The van der Waals surface area contributed by atoms with Crippen molar-refractivity contribution in [3.8, 4) is 22.6 Å². The third kappa shape index (κ3) is 2.36. The van der Waals surface area contributed by atoms with Crippen LogP contribution in [0.2, 0.25) is 0 Å². The van der Waals surface area contributed by atoms with E-state index < -0.39 is 0 Å². The van der Waals surface area contributed by atoms with Crippen molar-refractivity contribution in [2.24, 2.45) is 13.0 Å². The smallest absolute Gasteiger partial charge is 0.177 e. The van der Waals surface area contributed by atoms with Crippen molar-refractivity contribution in [3.63, 3.8) is 0 Å². The van der Waals surface area contributed by atoms with Gasteiger partial charge in [0.05, 0.1) is 17.3 Å². The fourth-order valence-electron chi connectivity index (χ4n) is 3.70. The number of imidazole rings is 1. The summed E-state index contributed by atoms with van der Waals surface area (Å²) < 4.78 is 3.94. The monoisotopic (exact) mass is 346 g/mol. The minimum absolute atomic E-state index is 0.393. The predicted octanol–water partition coefficient (Wildman–Crippen LogP) is 4.11. The van der Waals surface area contributed by atoms with Gasteiger partial charge < -0.3 is 4.98 Å². The zero-order valence-corrected chi connectivity index (χ0v) is 15.3. The van der Waals surface area contributed by atoms with Gasteiger partial charge in [-0.15, -0.1) is 0 Å². The molecule has 0 aliphatic heterocycles. The van der Waals surface area contributed by atoms with Crippen LogP contribution in [0.5, 0.6) is 0 Å². The van der Waals surface area contributed by atoms with Crippen molar-refractivity contribution in [1.82, 2.24) is 29.5 Å². The van der Waals surface area contributed by atoms with Crippen molar-refractivity contribution in [2.75, 3.05) is 0 Å². The highest BCUT2D eigenvalue weighted by Crippen LogP contribution is 2.40. The van der Waals surface area contributed by atoms with E-state index in [0.717, 1.165) is 45.4 Å². The standard InChI is InChI=1S/C20H22N6/c1-12-17-20(26(23-12)13(2)14-9-10-14)22-19(21-17)16-11-25(3)24-18(16)15-7-5-4-6-8-15/h4-8,11,13-14H,9-10H2,1-3H3,(H,21,22)/t13-/m0/s1. The molecule has 1 atom stereocenters. The molecule has 3 aromatic heterocycles. The number of aromatic nitrogens is 6. The lowest BCUT2D eigenvalue weighted by Gasteiger charge is -2.10. The second-order valence-corrected chi connectivity index (χ2v) is 7.32. The summed E-state index contributed by atoms with van der Waals surface area (Å²) in [6.07, 6.45) is 4.61. The number of fused-ring (bicyclic) bond motifs is 1. The highest BCUT2D eigenvalue weighted by molar-refractivity contribution is 5.83. The zero-order chi connectivity index (χ0) is 17.8. The number of nitrogens with one attached hydrogen (secondary N) is 1. The molecule has 0 amide bonds. The Hall–Kier alpha value is -2.89. The van der Waals surface area contributed by atoms with Gasteiger partial charge in [0.2, 0.25) is 0 Å². The van der Waals surface area contributed by atoms with Crippen molar-refractivity contribution in [2.45, 2.75) is 32.7 Å². The van der Waals surface area contributed by atoms with Crippen LogP contribution in [-0.2, 0) is 7.05 Å². The first-order valence-electron chi connectivity index (χ1n) is 9.16. The largest absolute Gasteiger partial charge is 0.335 e. The molecule has 3 heterocycles. The first kappa shape index (κ1) is 15.4. The maximum atomic E-state index is 4.93. The zero-order valence-electron chi connectivity index (χ0n) is 15.3. The van der Waals surface area contributed by atoms with Crippen LogP contribution in [0.4, 0.5) is 0 Å². The van der Waals surface area contributed by atoms with Crippen LogP contribution < -0.4 is 0 Å². The molecule has 1 aliphatic carbocycles. The number of aryl methyl sites for hydroxylation is 2. The molecular weight excluding hydrogens is 324 g/mol. The van der Waals surface area contributed by atoms with Crippen LogP contribution in [0.15, 0.2) is 36.5 Å². The summed E-state index contributed by atoms with van der Waals surface area (Å²) in [6, 6.07) is 10.6. The maximum absolute atomic E-state index is 4.93. The summed E-state index contributed by atoms with van der Waals surface area (Å²) in [4.78, 5) is 8.42. The van der Waals surface area contributed by atoms with Crippen LogP contribution in [0, 0.1) is 12.8 Å². The molecule has 5 rings (SSSR count). The Morgan fingerprint density at radius 3 is 2.65 bits per heavy atom. The van der Waals surface area contributed by atoms with Gasteiger partial charge in [-0.3, -0.25) is 4.68 Å². The second kappa shape index (κ2) is 5.56. The van der Waals surface area contributed by atoms with Crippen molar-refractivity contribution in [3.05, 3.63) is 42.2 Å². The molecule has 1 N–H and O–H groups in total. The van der Waals surface area contributed by atoms with E-state index >= 15 is 0 Å². The summed E-state index contributed by atoms with van der Waals surface area (Å²) in [7, 11) is 1.95. The van der Waals surface area contributed by atoms with Crippen LogP contribution in [0.25, 0.3) is 33.8 Å². The van der Waals surface area contributed by atoms with Crippen LogP contribution >= 0.6 is 0 Å². The van der Waals surface area contributed by atoms with Gasteiger partial charge in [0.15, 0.2) is 5.65 Å². The molecule has 4 aromatic rings. The SMILES string of the molecule is Cc1nn([C@@H](C)C2CC2)c2nc(-c3cn(C)nc3-c3ccccc3)[nH]c12. The van der Waals surface area contributed by atoms with E-state index in [1.807, 2.05) is 43.0 Å². The molecule has 1 saturated carbocycles. The molecule has 1 aliphatic rings. The van der Waals surface area contributed by atoms with Crippen molar-refractivity contribution in [1.29, 1.82) is 0 Å². The lowest BCUT2D eigenvalue weighted by molar-refractivity contribution is 0.449. The highest BCUT2D eigenvalue weighted by Gasteiger charge is 2.32. The molecule has 6 heteroatoms. The molecule has 6 nitrogen and oxygen atoms in total. The van der Waals surface area contributed by atoms with Gasteiger partial charge in [0, 0.05) is 18.8 Å². The Bertz CT molecular complexity index is 1080. The van der Waals surface area contributed by atoms with Crippen molar-refractivity contribution < 1.29 is 0 Å². The van der Waals surface area contributed by atoms with E-state index in [1.54, 1.807) is 0 Å². The summed E-state index contributed by atoms with van der Waals surface area (Å²) in [5.74, 6) is 1.58. The molecule has 0 radical (unpaired) electrons. The normalized spacial score (nSPS) is 15.7. The van der Waals surface area contributed by atoms with E-state index in [1.165, 1.54) is 12.8 Å². The fourth-order valence-corrected chi connectivity index (χ4v) is 3.70. The third-order valence-corrected chi connectivity index (χ3v) is 5.34. The number of hydrogen-bond donors (Lipinski definition) is 1. The highest BCUT2D eigenvalue weighted by atomic mass is 15.3. The summed E-state index contributed by atoms with van der Waals surface area (Å²) >= 11 is 0. The van der Waals surface area contributed by atoms with E-state index in [4.69, 9.17) is 10.1 Å². The molecular formula is C20H22N6. The van der Waals surface area contributed by atoms with Crippen LogP contribution in [0.3, 0.4) is 0 Å². The number of rotatable bonds is 4. The minimum Gasteiger partial charge on any atom is -0.335 e. The van der Waals surface area contributed by atoms with E-state index in [2.05, 4.69) is 33.8 Å². The van der Waals surface area contributed by atoms with Gasteiger partial charge in [-0.2, -0.15) is 10.2 Å². The lowest BCUT2D eigenvalue weighted by Crippen LogP contribution is -2.09. The lowest BCUT2D eigenvalue weighted by atomic mass is 10.1. The Kier molecular flexibility index (Phi) is 3.29. The average molecular weight is 346 g/mol. The Morgan fingerprint density at radius 2 is 1.92 bits per heavy atom. The topological polar surface area (TPSA) is 64.3 Å². The van der Waals surface area contributed by atoms with Gasteiger partial charge in [-0.05, 0) is 32.6 Å². The third-order valence-electron chi connectivity index (χ3n) is 5.34. The number of H-pyrrole nitrogens is 1. The molecule has 0 saturated heterocycles. The number of aromatic amines is 1.